The predicted octanol–water partition coefficient (Wildman–Crippen LogP) is 5.29. The average molecular weight is 401 g/mol. The molecule has 0 bridgehead atoms. The lowest BCUT2D eigenvalue weighted by molar-refractivity contribution is -0.384. The molecule has 0 fully saturated rings. The number of nitrogens with one attached hydrogen (secondary N) is 1. The number of carbonyl (C=O) groups is 1. The number of nitro benzene ring substituents is 1. The van der Waals surface area contributed by atoms with Gasteiger partial charge in [-0.1, -0.05) is 53.7 Å². The molecule has 30 heavy (non-hydrogen) atoms. The summed E-state index contributed by atoms with van der Waals surface area (Å²) in [6.07, 6.45) is 0. The van der Waals surface area contributed by atoms with E-state index in [1.54, 1.807) is 24.3 Å². The standard InChI is InChI=1S/C22H15N3O5/c26-22(20-14-21(30-24-20)15-7-3-1-4-8-15)23-16-11-17(25(27)28)13-19(12-16)29-18-9-5-2-6-10-18/h1-14H,(H,23,26). The molecular weight excluding hydrogens is 386 g/mol. The van der Waals surface area contributed by atoms with E-state index < -0.39 is 10.8 Å². The monoisotopic (exact) mass is 401 g/mol. The number of aromatic nitrogens is 1. The minimum atomic E-state index is -0.563. The number of hydrogen-bond acceptors (Lipinski definition) is 6. The van der Waals surface area contributed by atoms with Crippen LogP contribution in [0, 0.1) is 10.1 Å². The van der Waals surface area contributed by atoms with Crippen molar-refractivity contribution in [2.75, 3.05) is 5.32 Å². The molecule has 0 atom stereocenters. The molecule has 148 valence electrons. The number of rotatable bonds is 6. The molecule has 1 aromatic heterocycles. The van der Waals surface area contributed by atoms with Crippen molar-refractivity contribution in [2.24, 2.45) is 0 Å². The number of nitrogens with zero attached hydrogens (tertiary/aromatic N) is 2. The second-order valence-electron chi connectivity index (χ2n) is 6.28. The Bertz CT molecular complexity index is 1190. The number of carbonyl (C=O) groups excluding carboxylic acids is 1. The highest BCUT2D eigenvalue weighted by Gasteiger charge is 2.17. The van der Waals surface area contributed by atoms with Gasteiger partial charge in [-0.05, 0) is 12.1 Å². The van der Waals surface area contributed by atoms with Crippen LogP contribution in [0.25, 0.3) is 11.3 Å². The Morgan fingerprint density at radius 1 is 0.933 bits per heavy atom. The quantitative estimate of drug-likeness (QED) is 0.347. The van der Waals surface area contributed by atoms with Crippen molar-refractivity contribution < 1.29 is 19.0 Å². The molecule has 3 aromatic carbocycles. The third-order valence-corrected chi connectivity index (χ3v) is 4.14. The molecule has 1 amide bonds. The molecular formula is C22H15N3O5. The Hall–Kier alpha value is -4.46. The lowest BCUT2D eigenvalue weighted by Crippen LogP contribution is -2.12. The van der Waals surface area contributed by atoms with E-state index >= 15 is 0 Å². The first-order valence-corrected chi connectivity index (χ1v) is 8.94. The van der Waals surface area contributed by atoms with Gasteiger partial charge < -0.3 is 14.6 Å². The van der Waals surface area contributed by atoms with E-state index in [2.05, 4.69) is 10.5 Å². The van der Waals surface area contributed by atoms with E-state index in [1.165, 1.54) is 24.3 Å². The summed E-state index contributed by atoms with van der Waals surface area (Å²) in [6.45, 7) is 0. The van der Waals surface area contributed by atoms with Crippen LogP contribution in [0.2, 0.25) is 0 Å². The number of ether oxygens (including phenoxy) is 1. The minimum Gasteiger partial charge on any atom is -0.457 e. The summed E-state index contributed by atoms with van der Waals surface area (Å²) < 4.78 is 10.9. The van der Waals surface area contributed by atoms with Gasteiger partial charge in [0.25, 0.3) is 11.6 Å². The molecule has 0 spiro atoms. The highest BCUT2D eigenvalue weighted by atomic mass is 16.6. The maximum atomic E-state index is 12.6. The van der Waals surface area contributed by atoms with Crippen LogP contribution in [-0.2, 0) is 0 Å². The van der Waals surface area contributed by atoms with Gasteiger partial charge >= 0.3 is 0 Å². The molecule has 1 heterocycles. The molecule has 8 nitrogen and oxygen atoms in total. The molecule has 0 aliphatic rings. The number of anilines is 1. The van der Waals surface area contributed by atoms with Gasteiger partial charge in [0.2, 0.25) is 0 Å². The first-order valence-electron chi connectivity index (χ1n) is 8.94. The number of nitro groups is 1. The summed E-state index contributed by atoms with van der Waals surface area (Å²) in [5.74, 6) is 0.607. The zero-order valence-electron chi connectivity index (χ0n) is 15.5. The van der Waals surface area contributed by atoms with E-state index in [0.717, 1.165) is 5.56 Å². The molecule has 1 N–H and O–H groups in total. The van der Waals surface area contributed by atoms with Crippen LogP contribution >= 0.6 is 0 Å². The van der Waals surface area contributed by atoms with E-state index in [0.29, 0.717) is 11.5 Å². The first kappa shape index (κ1) is 18.9. The van der Waals surface area contributed by atoms with Gasteiger partial charge in [-0.25, -0.2) is 0 Å². The summed E-state index contributed by atoms with van der Waals surface area (Å²) in [7, 11) is 0. The molecule has 4 rings (SSSR count). The van der Waals surface area contributed by atoms with Crippen molar-refractivity contribution >= 4 is 17.3 Å². The van der Waals surface area contributed by atoms with Crippen molar-refractivity contribution in [3.63, 3.8) is 0 Å². The van der Waals surface area contributed by atoms with Gasteiger partial charge in [-0.2, -0.15) is 0 Å². The third-order valence-electron chi connectivity index (χ3n) is 4.14. The van der Waals surface area contributed by atoms with Gasteiger partial charge in [0.1, 0.15) is 11.5 Å². The Morgan fingerprint density at radius 2 is 1.63 bits per heavy atom. The number of hydrogen-bond donors (Lipinski definition) is 1. The molecule has 0 saturated carbocycles. The second kappa shape index (κ2) is 8.27. The van der Waals surface area contributed by atoms with E-state index in [9.17, 15) is 14.9 Å². The second-order valence-corrected chi connectivity index (χ2v) is 6.28. The number of para-hydroxylation sites is 1. The van der Waals surface area contributed by atoms with Crippen LogP contribution in [0.4, 0.5) is 11.4 Å². The Morgan fingerprint density at radius 3 is 2.33 bits per heavy atom. The fourth-order valence-corrected chi connectivity index (χ4v) is 2.76. The normalized spacial score (nSPS) is 10.4. The largest absolute Gasteiger partial charge is 0.457 e. The molecule has 0 aliphatic carbocycles. The Balaban J connectivity index is 1.57. The number of non-ortho nitro benzene ring substituents is 1. The number of benzene rings is 3. The van der Waals surface area contributed by atoms with E-state index in [1.807, 2.05) is 36.4 Å². The van der Waals surface area contributed by atoms with Crippen molar-refractivity contribution in [1.82, 2.24) is 5.16 Å². The van der Waals surface area contributed by atoms with Crippen LogP contribution in [-0.4, -0.2) is 16.0 Å². The fraction of sp³-hybridized carbons (Fsp3) is 0. The lowest BCUT2D eigenvalue weighted by Gasteiger charge is -2.08. The topological polar surface area (TPSA) is 108 Å². The summed E-state index contributed by atoms with van der Waals surface area (Å²) in [4.78, 5) is 23.3. The van der Waals surface area contributed by atoms with Crippen molar-refractivity contribution in [1.29, 1.82) is 0 Å². The molecule has 0 radical (unpaired) electrons. The van der Waals surface area contributed by atoms with Crippen molar-refractivity contribution in [3.8, 4) is 22.8 Å². The molecule has 0 aliphatic heterocycles. The number of amides is 1. The smallest absolute Gasteiger partial charge is 0.277 e. The van der Waals surface area contributed by atoms with E-state index in [-0.39, 0.29) is 22.8 Å². The highest BCUT2D eigenvalue weighted by molar-refractivity contribution is 6.03. The predicted molar refractivity (Wildman–Crippen MR) is 110 cm³/mol. The molecule has 0 saturated heterocycles. The molecule has 8 heteroatoms. The maximum absolute atomic E-state index is 12.6. The van der Waals surface area contributed by atoms with Crippen molar-refractivity contribution in [2.45, 2.75) is 0 Å². The highest BCUT2D eigenvalue weighted by Crippen LogP contribution is 2.30. The first-order chi connectivity index (χ1) is 14.6. The van der Waals surface area contributed by atoms with Gasteiger partial charge in [0.05, 0.1) is 16.7 Å². The van der Waals surface area contributed by atoms with Crippen LogP contribution in [0.3, 0.4) is 0 Å². The fourth-order valence-electron chi connectivity index (χ4n) is 2.76. The lowest BCUT2D eigenvalue weighted by atomic mass is 10.1. The molecule has 4 aromatic rings. The Kier molecular flexibility index (Phi) is 5.21. The van der Waals surface area contributed by atoms with Crippen LogP contribution in [0.1, 0.15) is 10.5 Å². The zero-order chi connectivity index (χ0) is 20.9. The SMILES string of the molecule is O=C(Nc1cc(Oc2ccccc2)cc([N+](=O)[O-])c1)c1cc(-c2ccccc2)on1. The average Bonchev–Trinajstić information content (AvgIpc) is 3.25. The van der Waals surface area contributed by atoms with Gasteiger partial charge in [-0.15, -0.1) is 0 Å². The van der Waals surface area contributed by atoms with Crippen LogP contribution < -0.4 is 10.1 Å². The van der Waals surface area contributed by atoms with Crippen molar-refractivity contribution in [3.05, 3.63) is 101 Å². The van der Waals surface area contributed by atoms with Gasteiger partial charge in [0.15, 0.2) is 11.5 Å². The summed E-state index contributed by atoms with van der Waals surface area (Å²) in [6, 6.07) is 23.6. The molecule has 0 unspecified atom stereocenters. The van der Waals surface area contributed by atoms with Crippen LogP contribution in [0.5, 0.6) is 11.5 Å². The Labute approximate surface area is 170 Å². The third kappa shape index (κ3) is 4.33. The summed E-state index contributed by atoms with van der Waals surface area (Å²) in [5, 5.41) is 17.7. The maximum Gasteiger partial charge on any atom is 0.277 e. The van der Waals surface area contributed by atoms with Gasteiger partial charge in [0, 0.05) is 23.8 Å². The van der Waals surface area contributed by atoms with E-state index in [4.69, 9.17) is 9.26 Å². The van der Waals surface area contributed by atoms with Crippen LogP contribution in [0.15, 0.2) is 89.5 Å². The summed E-state index contributed by atoms with van der Waals surface area (Å²) >= 11 is 0. The minimum absolute atomic E-state index is 0.0471. The zero-order valence-corrected chi connectivity index (χ0v) is 15.5. The van der Waals surface area contributed by atoms with Gasteiger partial charge in [-0.3, -0.25) is 14.9 Å². The summed E-state index contributed by atoms with van der Waals surface area (Å²) in [5.41, 5.74) is 0.803.